The molecule has 0 fully saturated rings. The van der Waals surface area contributed by atoms with Gasteiger partial charge in [0, 0.05) is 0 Å². The molecule has 0 spiro atoms. The zero-order valence-electron chi connectivity index (χ0n) is 10.3. The molecule has 1 aromatic heterocycles. The summed E-state index contributed by atoms with van der Waals surface area (Å²) in [6.45, 7) is 0.201. The van der Waals surface area contributed by atoms with Crippen LogP contribution in [0.2, 0.25) is 0 Å². The standard InChI is InChI=1S/C11H16O5S2/c1-15-11(12)10-7-9(8-17-10)5-3-4-6-16-18(2,13)14/h7-8H,3-6H2,1-2H3. The lowest BCUT2D eigenvalue weighted by Gasteiger charge is -2.00. The van der Waals surface area contributed by atoms with Crippen LogP contribution in [0.5, 0.6) is 0 Å². The van der Waals surface area contributed by atoms with Gasteiger partial charge in [-0.05, 0) is 36.3 Å². The highest BCUT2D eigenvalue weighted by Crippen LogP contribution is 2.17. The predicted molar refractivity (Wildman–Crippen MR) is 69.4 cm³/mol. The number of hydrogen-bond acceptors (Lipinski definition) is 6. The van der Waals surface area contributed by atoms with Crippen LogP contribution < -0.4 is 0 Å². The topological polar surface area (TPSA) is 69.7 Å². The summed E-state index contributed by atoms with van der Waals surface area (Å²) >= 11 is 1.35. The van der Waals surface area contributed by atoms with Crippen molar-refractivity contribution < 1.29 is 22.1 Å². The lowest BCUT2D eigenvalue weighted by molar-refractivity contribution is 0.0606. The maximum Gasteiger partial charge on any atom is 0.348 e. The SMILES string of the molecule is COC(=O)c1cc(CCCCOS(C)(=O)=O)cs1. The van der Waals surface area contributed by atoms with Gasteiger partial charge in [0.1, 0.15) is 4.88 Å². The molecule has 1 heterocycles. The Balaban J connectivity index is 2.28. The van der Waals surface area contributed by atoms with E-state index in [0.29, 0.717) is 11.3 Å². The summed E-state index contributed by atoms with van der Waals surface area (Å²) in [4.78, 5) is 11.8. The molecule has 0 saturated heterocycles. The van der Waals surface area contributed by atoms with E-state index < -0.39 is 10.1 Å². The number of esters is 1. The number of aryl methyl sites for hydroxylation is 1. The Kier molecular flexibility index (Phi) is 5.77. The van der Waals surface area contributed by atoms with E-state index in [1.54, 1.807) is 6.07 Å². The van der Waals surface area contributed by atoms with Crippen LogP contribution in [0.4, 0.5) is 0 Å². The van der Waals surface area contributed by atoms with Gasteiger partial charge in [-0.2, -0.15) is 8.42 Å². The van der Waals surface area contributed by atoms with Gasteiger partial charge in [0.05, 0.1) is 20.0 Å². The zero-order valence-corrected chi connectivity index (χ0v) is 12.0. The Morgan fingerprint density at radius 3 is 2.72 bits per heavy atom. The van der Waals surface area contributed by atoms with Gasteiger partial charge < -0.3 is 4.74 Å². The van der Waals surface area contributed by atoms with E-state index in [9.17, 15) is 13.2 Å². The quantitative estimate of drug-likeness (QED) is 0.435. The van der Waals surface area contributed by atoms with Gasteiger partial charge >= 0.3 is 5.97 Å². The van der Waals surface area contributed by atoms with Crippen molar-refractivity contribution in [2.45, 2.75) is 19.3 Å². The first-order chi connectivity index (χ1) is 8.42. The van der Waals surface area contributed by atoms with Crippen LogP contribution in [-0.2, 0) is 25.5 Å². The van der Waals surface area contributed by atoms with Gasteiger partial charge in [0.25, 0.3) is 10.1 Å². The highest BCUT2D eigenvalue weighted by atomic mass is 32.2. The Hall–Kier alpha value is -0.920. The molecule has 0 aliphatic carbocycles. The Morgan fingerprint density at radius 2 is 2.11 bits per heavy atom. The maximum absolute atomic E-state index is 11.2. The molecular weight excluding hydrogens is 276 g/mol. The largest absolute Gasteiger partial charge is 0.465 e. The number of hydrogen-bond donors (Lipinski definition) is 0. The summed E-state index contributed by atoms with van der Waals surface area (Å²) < 4.78 is 30.7. The van der Waals surface area contributed by atoms with Gasteiger partial charge in [0.2, 0.25) is 0 Å². The summed E-state index contributed by atoms with van der Waals surface area (Å²) in [5.41, 5.74) is 1.06. The molecule has 0 atom stereocenters. The first-order valence-corrected chi connectivity index (χ1v) is 8.12. The van der Waals surface area contributed by atoms with Crippen LogP contribution in [0, 0.1) is 0 Å². The lowest BCUT2D eigenvalue weighted by atomic mass is 10.1. The molecule has 0 aromatic carbocycles. The van der Waals surface area contributed by atoms with E-state index >= 15 is 0 Å². The summed E-state index contributed by atoms with van der Waals surface area (Å²) in [5.74, 6) is -0.327. The van der Waals surface area contributed by atoms with Gasteiger partial charge in [-0.1, -0.05) is 0 Å². The van der Waals surface area contributed by atoms with Crippen molar-refractivity contribution in [1.29, 1.82) is 0 Å². The average Bonchev–Trinajstić information content (AvgIpc) is 2.75. The molecule has 102 valence electrons. The monoisotopic (exact) mass is 292 g/mol. The van der Waals surface area contributed by atoms with Gasteiger partial charge in [-0.3, -0.25) is 4.18 Å². The molecule has 0 N–H and O–H groups in total. The fraction of sp³-hybridized carbons (Fsp3) is 0.545. The number of carbonyl (C=O) groups is 1. The summed E-state index contributed by atoms with van der Waals surface area (Å²) in [6, 6.07) is 1.80. The summed E-state index contributed by atoms with van der Waals surface area (Å²) in [7, 11) is -1.99. The van der Waals surface area contributed by atoms with Crippen LogP contribution in [0.15, 0.2) is 11.4 Å². The second-order valence-corrected chi connectivity index (χ2v) is 6.35. The van der Waals surface area contributed by atoms with Crippen molar-refractivity contribution in [1.82, 2.24) is 0 Å². The van der Waals surface area contributed by atoms with E-state index in [1.807, 2.05) is 5.38 Å². The Labute approximate surface area is 111 Å². The van der Waals surface area contributed by atoms with Crippen molar-refractivity contribution in [3.05, 3.63) is 21.9 Å². The Bertz CT molecular complexity index is 489. The van der Waals surface area contributed by atoms with Crippen molar-refractivity contribution in [3.63, 3.8) is 0 Å². The maximum atomic E-state index is 11.2. The first-order valence-electron chi connectivity index (χ1n) is 5.42. The number of methoxy groups -OCH3 is 1. The highest BCUT2D eigenvalue weighted by Gasteiger charge is 2.08. The predicted octanol–water partition coefficient (Wildman–Crippen LogP) is 1.83. The summed E-state index contributed by atoms with van der Waals surface area (Å²) in [5, 5.41) is 1.91. The molecule has 18 heavy (non-hydrogen) atoms. The van der Waals surface area contributed by atoms with Crippen LogP contribution in [0.3, 0.4) is 0 Å². The van der Waals surface area contributed by atoms with Gasteiger partial charge in [-0.15, -0.1) is 11.3 Å². The molecule has 1 rings (SSSR count). The fourth-order valence-electron chi connectivity index (χ4n) is 1.36. The molecule has 0 bridgehead atoms. The molecule has 1 aromatic rings. The third-order valence-electron chi connectivity index (χ3n) is 2.20. The van der Waals surface area contributed by atoms with Crippen molar-refractivity contribution in [2.75, 3.05) is 20.0 Å². The number of carbonyl (C=O) groups excluding carboxylic acids is 1. The lowest BCUT2D eigenvalue weighted by Crippen LogP contribution is -2.04. The molecule has 0 amide bonds. The molecule has 0 aliphatic rings. The van der Waals surface area contributed by atoms with E-state index in [4.69, 9.17) is 0 Å². The van der Waals surface area contributed by atoms with E-state index in [1.165, 1.54) is 18.4 Å². The minimum Gasteiger partial charge on any atom is -0.465 e. The zero-order chi connectivity index (χ0) is 13.6. The van der Waals surface area contributed by atoms with E-state index in [0.717, 1.165) is 24.7 Å². The fourth-order valence-corrected chi connectivity index (χ4v) is 2.64. The molecule has 5 nitrogen and oxygen atoms in total. The first kappa shape index (κ1) is 15.1. The minimum atomic E-state index is -3.34. The third kappa shape index (κ3) is 5.61. The summed E-state index contributed by atoms with van der Waals surface area (Å²) in [6.07, 6.45) is 3.30. The molecular formula is C11H16O5S2. The van der Waals surface area contributed by atoms with Crippen LogP contribution in [0.1, 0.15) is 28.1 Å². The Morgan fingerprint density at radius 1 is 1.39 bits per heavy atom. The molecule has 7 heteroatoms. The van der Waals surface area contributed by atoms with Crippen LogP contribution >= 0.6 is 11.3 Å². The molecule has 0 radical (unpaired) electrons. The third-order valence-corrected chi connectivity index (χ3v) is 3.75. The smallest absolute Gasteiger partial charge is 0.348 e. The van der Waals surface area contributed by atoms with E-state index in [2.05, 4.69) is 8.92 Å². The van der Waals surface area contributed by atoms with Crippen molar-refractivity contribution in [3.8, 4) is 0 Å². The van der Waals surface area contributed by atoms with Crippen LogP contribution in [-0.4, -0.2) is 34.4 Å². The van der Waals surface area contributed by atoms with Crippen molar-refractivity contribution in [2.24, 2.45) is 0 Å². The second kappa shape index (κ2) is 6.86. The second-order valence-electron chi connectivity index (χ2n) is 3.79. The molecule has 0 aliphatic heterocycles. The number of thiophene rings is 1. The molecule has 0 saturated carbocycles. The average molecular weight is 292 g/mol. The number of ether oxygens (including phenoxy) is 1. The molecule has 0 unspecified atom stereocenters. The normalized spacial score (nSPS) is 11.4. The van der Waals surface area contributed by atoms with Gasteiger partial charge in [0.15, 0.2) is 0 Å². The van der Waals surface area contributed by atoms with Crippen LogP contribution in [0.25, 0.3) is 0 Å². The van der Waals surface area contributed by atoms with Crippen molar-refractivity contribution >= 4 is 27.4 Å². The van der Waals surface area contributed by atoms with Gasteiger partial charge in [-0.25, -0.2) is 4.79 Å². The highest BCUT2D eigenvalue weighted by molar-refractivity contribution is 7.85. The number of unbranched alkanes of at least 4 members (excludes halogenated alkanes) is 1. The minimum absolute atomic E-state index is 0.201. The number of rotatable bonds is 7. The van der Waals surface area contributed by atoms with E-state index in [-0.39, 0.29) is 12.6 Å².